The van der Waals surface area contributed by atoms with Crippen LogP contribution in [0.2, 0.25) is 0 Å². The number of amides is 2. The summed E-state index contributed by atoms with van der Waals surface area (Å²) >= 11 is 1.70. The van der Waals surface area contributed by atoms with Crippen LogP contribution in [0.1, 0.15) is 43.4 Å². The maximum atomic E-state index is 13.1. The van der Waals surface area contributed by atoms with E-state index in [1.807, 2.05) is 41.3 Å². The monoisotopic (exact) mass is 426 g/mol. The van der Waals surface area contributed by atoms with Gasteiger partial charge < -0.3 is 15.0 Å². The van der Waals surface area contributed by atoms with Crippen molar-refractivity contribution in [2.75, 3.05) is 26.2 Å². The van der Waals surface area contributed by atoms with E-state index in [-0.39, 0.29) is 23.8 Å². The Balaban J connectivity index is 1.22. The fourth-order valence-corrected chi connectivity index (χ4v) is 5.64. The highest BCUT2D eigenvalue weighted by atomic mass is 32.1. The van der Waals surface area contributed by atoms with Crippen molar-refractivity contribution in [3.63, 3.8) is 0 Å². The molecule has 160 valence electrons. The molecule has 1 aromatic heterocycles. The van der Waals surface area contributed by atoms with Gasteiger partial charge in [0, 0.05) is 24.5 Å². The second-order valence-electron chi connectivity index (χ2n) is 8.40. The Morgan fingerprint density at radius 1 is 1.07 bits per heavy atom. The van der Waals surface area contributed by atoms with Crippen LogP contribution in [0.15, 0.2) is 47.8 Å². The minimum atomic E-state index is -0.320. The fourth-order valence-electron chi connectivity index (χ4n) is 4.66. The second kappa shape index (κ2) is 9.65. The first-order valence-corrected chi connectivity index (χ1v) is 11.8. The van der Waals surface area contributed by atoms with Crippen LogP contribution in [-0.4, -0.2) is 43.0 Å². The quantitative estimate of drug-likeness (QED) is 0.728. The van der Waals surface area contributed by atoms with Gasteiger partial charge in [0.2, 0.25) is 5.91 Å². The highest BCUT2D eigenvalue weighted by Crippen LogP contribution is 2.43. The first kappa shape index (κ1) is 20.9. The van der Waals surface area contributed by atoms with Gasteiger partial charge in [0.25, 0.3) is 5.91 Å². The number of hydrogen-bond acceptors (Lipinski definition) is 4. The third-order valence-corrected chi connectivity index (χ3v) is 7.58. The van der Waals surface area contributed by atoms with E-state index >= 15 is 0 Å². The van der Waals surface area contributed by atoms with Crippen LogP contribution in [0.4, 0.5) is 0 Å². The van der Waals surface area contributed by atoms with E-state index in [4.69, 9.17) is 4.74 Å². The molecule has 0 unspecified atom stereocenters. The van der Waals surface area contributed by atoms with E-state index in [1.54, 1.807) is 11.3 Å². The predicted molar refractivity (Wildman–Crippen MR) is 119 cm³/mol. The number of ether oxygens (including phenoxy) is 1. The first-order valence-electron chi connectivity index (χ1n) is 11.0. The molecule has 1 aliphatic carbocycles. The Labute approximate surface area is 182 Å². The molecule has 4 rings (SSSR count). The van der Waals surface area contributed by atoms with E-state index in [0.717, 1.165) is 57.4 Å². The molecule has 1 saturated heterocycles. The standard InChI is InChI=1S/C24H30N2O3S/c27-22(18-29-20-7-2-1-3-8-20)26-14-10-19(11-15-26)17-25-23(28)24(12-4-5-13-24)21-9-6-16-30-21/h1-3,6-9,16,19H,4-5,10-15,17-18H2,(H,25,28). The lowest BCUT2D eigenvalue weighted by Crippen LogP contribution is -2.46. The van der Waals surface area contributed by atoms with Crippen LogP contribution >= 0.6 is 11.3 Å². The molecule has 2 aliphatic rings. The summed E-state index contributed by atoms with van der Waals surface area (Å²) in [7, 11) is 0. The molecule has 0 bridgehead atoms. The molecule has 0 spiro atoms. The number of rotatable bonds is 7. The molecule has 5 nitrogen and oxygen atoms in total. The Bertz CT molecular complexity index is 823. The first-order chi connectivity index (χ1) is 14.7. The maximum absolute atomic E-state index is 13.1. The molecule has 0 radical (unpaired) electrons. The smallest absolute Gasteiger partial charge is 0.260 e. The van der Waals surface area contributed by atoms with Gasteiger partial charge in [0.1, 0.15) is 5.75 Å². The zero-order valence-electron chi connectivity index (χ0n) is 17.3. The summed E-state index contributed by atoms with van der Waals surface area (Å²) < 4.78 is 5.58. The molecule has 1 N–H and O–H groups in total. The third kappa shape index (κ3) is 4.69. The Hall–Kier alpha value is -2.34. The van der Waals surface area contributed by atoms with Gasteiger partial charge in [-0.1, -0.05) is 37.1 Å². The van der Waals surface area contributed by atoms with Crippen LogP contribution in [0.25, 0.3) is 0 Å². The molecular weight excluding hydrogens is 396 g/mol. The fraction of sp³-hybridized carbons (Fsp3) is 0.500. The van der Waals surface area contributed by atoms with Gasteiger partial charge >= 0.3 is 0 Å². The van der Waals surface area contributed by atoms with E-state index in [2.05, 4.69) is 16.8 Å². The molecule has 1 aromatic carbocycles. The van der Waals surface area contributed by atoms with Gasteiger partial charge in [0.05, 0.1) is 5.41 Å². The van der Waals surface area contributed by atoms with Gasteiger partial charge in [-0.2, -0.15) is 0 Å². The SMILES string of the molecule is O=C(COc1ccccc1)N1CCC(CNC(=O)C2(c3cccs3)CCCC2)CC1. The molecule has 2 fully saturated rings. The van der Waals surface area contributed by atoms with Crippen molar-refractivity contribution in [1.82, 2.24) is 10.2 Å². The molecule has 2 heterocycles. The lowest BCUT2D eigenvalue weighted by Gasteiger charge is -2.33. The third-order valence-electron chi connectivity index (χ3n) is 6.51. The number of carbonyl (C=O) groups excluding carboxylic acids is 2. The summed E-state index contributed by atoms with van der Waals surface area (Å²) in [5.74, 6) is 1.37. The average molecular weight is 427 g/mol. The van der Waals surface area contributed by atoms with Crippen molar-refractivity contribution in [3.8, 4) is 5.75 Å². The van der Waals surface area contributed by atoms with Crippen molar-refractivity contribution in [2.24, 2.45) is 5.92 Å². The molecule has 0 atom stereocenters. The number of thiophene rings is 1. The van der Waals surface area contributed by atoms with Gasteiger partial charge in [-0.25, -0.2) is 0 Å². The van der Waals surface area contributed by atoms with E-state index in [1.165, 1.54) is 4.88 Å². The summed E-state index contributed by atoms with van der Waals surface area (Å²) in [6.07, 6.45) is 5.99. The molecule has 2 amide bonds. The lowest BCUT2D eigenvalue weighted by molar-refractivity contribution is -0.135. The second-order valence-corrected chi connectivity index (χ2v) is 9.35. The van der Waals surface area contributed by atoms with E-state index in [9.17, 15) is 9.59 Å². The average Bonchev–Trinajstić information content (AvgIpc) is 3.50. The van der Waals surface area contributed by atoms with Crippen LogP contribution in [0, 0.1) is 5.92 Å². The normalized spacial score (nSPS) is 18.9. The molecule has 1 aliphatic heterocycles. The number of benzene rings is 1. The van der Waals surface area contributed by atoms with E-state index in [0.29, 0.717) is 12.5 Å². The summed E-state index contributed by atoms with van der Waals surface area (Å²) in [6, 6.07) is 13.6. The molecule has 30 heavy (non-hydrogen) atoms. The van der Waals surface area contributed by atoms with Crippen LogP contribution in [0.3, 0.4) is 0 Å². The van der Waals surface area contributed by atoms with Crippen LogP contribution in [-0.2, 0) is 15.0 Å². The van der Waals surface area contributed by atoms with Gasteiger partial charge in [-0.3, -0.25) is 9.59 Å². The molecule has 2 aromatic rings. The zero-order chi connectivity index (χ0) is 20.8. The van der Waals surface area contributed by atoms with Crippen molar-refractivity contribution < 1.29 is 14.3 Å². The maximum Gasteiger partial charge on any atom is 0.260 e. The highest BCUT2D eigenvalue weighted by molar-refractivity contribution is 7.10. The molecule has 6 heteroatoms. The molecular formula is C24H30N2O3S. The number of nitrogens with zero attached hydrogens (tertiary/aromatic N) is 1. The minimum Gasteiger partial charge on any atom is -0.484 e. The lowest BCUT2D eigenvalue weighted by atomic mass is 9.83. The number of likely N-dealkylation sites (tertiary alicyclic amines) is 1. The summed E-state index contributed by atoms with van der Waals surface area (Å²) in [6.45, 7) is 2.24. The van der Waals surface area contributed by atoms with Crippen molar-refractivity contribution >= 4 is 23.2 Å². The summed E-state index contributed by atoms with van der Waals surface area (Å²) in [5.41, 5.74) is -0.320. The Morgan fingerprint density at radius 3 is 2.47 bits per heavy atom. The van der Waals surface area contributed by atoms with Crippen molar-refractivity contribution in [2.45, 2.75) is 43.9 Å². The zero-order valence-corrected chi connectivity index (χ0v) is 18.2. The number of para-hydroxylation sites is 1. The summed E-state index contributed by atoms with van der Waals surface area (Å²) in [5, 5.41) is 5.32. The number of carbonyl (C=O) groups is 2. The van der Waals surface area contributed by atoms with Gasteiger partial charge in [-0.05, 0) is 55.2 Å². The minimum absolute atomic E-state index is 0.0314. The topological polar surface area (TPSA) is 58.6 Å². The van der Waals surface area contributed by atoms with Gasteiger partial charge in [0.15, 0.2) is 6.61 Å². The number of piperidine rings is 1. The van der Waals surface area contributed by atoms with Crippen LogP contribution in [0.5, 0.6) is 5.75 Å². The Kier molecular flexibility index (Phi) is 6.72. The largest absolute Gasteiger partial charge is 0.484 e. The van der Waals surface area contributed by atoms with Crippen molar-refractivity contribution in [3.05, 3.63) is 52.7 Å². The highest BCUT2D eigenvalue weighted by Gasteiger charge is 2.43. The van der Waals surface area contributed by atoms with Gasteiger partial charge in [-0.15, -0.1) is 11.3 Å². The summed E-state index contributed by atoms with van der Waals surface area (Å²) in [4.78, 5) is 28.6. The predicted octanol–water partition coefficient (Wildman–Crippen LogP) is 3.99. The molecule has 1 saturated carbocycles. The number of nitrogens with one attached hydrogen (secondary N) is 1. The van der Waals surface area contributed by atoms with E-state index < -0.39 is 0 Å². The Morgan fingerprint density at radius 2 is 1.80 bits per heavy atom. The number of hydrogen-bond donors (Lipinski definition) is 1. The van der Waals surface area contributed by atoms with Crippen LogP contribution < -0.4 is 10.1 Å². The van der Waals surface area contributed by atoms with Crippen molar-refractivity contribution in [1.29, 1.82) is 0 Å².